The van der Waals surface area contributed by atoms with Crippen molar-refractivity contribution in [1.29, 1.82) is 0 Å². The van der Waals surface area contributed by atoms with E-state index < -0.39 is 0 Å². The van der Waals surface area contributed by atoms with Gasteiger partial charge >= 0.3 is 0 Å². The maximum atomic E-state index is 5.65. The average Bonchev–Trinajstić information content (AvgIpc) is 3.18. The quantitative estimate of drug-likeness (QED) is 0.760. The Kier molecular flexibility index (Phi) is 3.09. The Morgan fingerprint density at radius 1 is 1.39 bits per heavy atom. The molecule has 98 valence electrons. The Morgan fingerprint density at radius 2 is 2.11 bits per heavy atom. The zero-order valence-corrected chi connectivity index (χ0v) is 11.1. The molecule has 3 heterocycles. The van der Waals surface area contributed by atoms with Crippen LogP contribution in [0.5, 0.6) is 0 Å². The molecule has 0 N–H and O–H groups in total. The van der Waals surface area contributed by atoms with Crippen molar-refractivity contribution in [2.24, 2.45) is 0 Å². The lowest BCUT2D eigenvalue weighted by atomic mass is 9.84. The molecule has 4 heteroatoms. The van der Waals surface area contributed by atoms with Gasteiger partial charge in [0.25, 0.3) is 0 Å². The van der Waals surface area contributed by atoms with Crippen LogP contribution in [0.4, 0.5) is 0 Å². The molecule has 1 aromatic heterocycles. The number of pyridine rings is 1. The van der Waals surface area contributed by atoms with Crippen LogP contribution in [-0.4, -0.2) is 42.5 Å². The van der Waals surface area contributed by atoms with Crippen molar-refractivity contribution < 1.29 is 9.47 Å². The second-order valence-electron chi connectivity index (χ2n) is 5.54. The number of ether oxygens (including phenoxy) is 2. The summed E-state index contributed by atoms with van der Waals surface area (Å²) in [6.45, 7) is 8.87. The predicted molar refractivity (Wildman–Crippen MR) is 68.2 cm³/mol. The van der Waals surface area contributed by atoms with Gasteiger partial charge < -0.3 is 9.47 Å². The van der Waals surface area contributed by atoms with Crippen molar-refractivity contribution in [1.82, 2.24) is 9.88 Å². The van der Waals surface area contributed by atoms with E-state index in [1.165, 1.54) is 18.7 Å². The van der Waals surface area contributed by atoms with Crippen molar-refractivity contribution in [2.45, 2.75) is 32.1 Å². The smallest absolute Gasteiger partial charge is 0.154 e. The summed E-state index contributed by atoms with van der Waals surface area (Å²) in [5, 5.41) is 0. The molecule has 0 unspecified atom stereocenters. The van der Waals surface area contributed by atoms with Gasteiger partial charge in [-0.1, -0.05) is 6.07 Å². The fourth-order valence-corrected chi connectivity index (χ4v) is 2.41. The minimum atomic E-state index is -0.126. The summed E-state index contributed by atoms with van der Waals surface area (Å²) >= 11 is 0. The summed E-state index contributed by atoms with van der Waals surface area (Å²) in [5.74, 6) is 0. The molecule has 2 fully saturated rings. The van der Waals surface area contributed by atoms with Crippen molar-refractivity contribution >= 4 is 0 Å². The third kappa shape index (κ3) is 2.41. The molecular formula is C14H20N2O2. The molecule has 0 amide bonds. The number of nitrogens with zero attached hydrogens (tertiary/aromatic N) is 2. The molecule has 0 radical (unpaired) electrons. The second-order valence-corrected chi connectivity index (χ2v) is 5.54. The van der Waals surface area contributed by atoms with Gasteiger partial charge in [-0.15, -0.1) is 0 Å². The summed E-state index contributed by atoms with van der Waals surface area (Å²) in [5.41, 5.74) is 2.31. The second kappa shape index (κ2) is 4.61. The summed E-state index contributed by atoms with van der Waals surface area (Å²) in [6, 6.07) is 4.18. The first-order valence-corrected chi connectivity index (χ1v) is 6.57. The van der Waals surface area contributed by atoms with Gasteiger partial charge in [-0.2, -0.15) is 0 Å². The lowest BCUT2D eigenvalue weighted by molar-refractivity contribution is -0.197. The van der Waals surface area contributed by atoms with Gasteiger partial charge in [0, 0.05) is 25.8 Å². The van der Waals surface area contributed by atoms with E-state index in [2.05, 4.69) is 22.9 Å². The summed E-state index contributed by atoms with van der Waals surface area (Å²) in [6.07, 6.45) is 1.77. The van der Waals surface area contributed by atoms with E-state index in [1.807, 2.05) is 19.2 Å². The van der Waals surface area contributed by atoms with E-state index >= 15 is 0 Å². The number of rotatable bonds is 3. The first-order valence-electron chi connectivity index (χ1n) is 6.57. The third-order valence-corrected chi connectivity index (χ3v) is 3.67. The normalized spacial score (nSPS) is 32.4. The molecule has 1 aromatic rings. The summed E-state index contributed by atoms with van der Waals surface area (Å²) in [7, 11) is 0. The highest BCUT2D eigenvalue weighted by Gasteiger charge is 2.36. The molecule has 2 aliphatic heterocycles. The van der Waals surface area contributed by atoms with Gasteiger partial charge in [0.2, 0.25) is 0 Å². The molecule has 4 nitrogen and oxygen atoms in total. The zero-order chi connectivity index (χ0) is 12.6. The molecule has 0 saturated carbocycles. The van der Waals surface area contributed by atoms with E-state index in [0.717, 1.165) is 12.2 Å². The topological polar surface area (TPSA) is 34.4 Å². The van der Waals surface area contributed by atoms with E-state index in [1.54, 1.807) is 0 Å². The molecule has 0 aliphatic carbocycles. The summed E-state index contributed by atoms with van der Waals surface area (Å²) in [4.78, 5) is 6.99. The molecule has 2 saturated heterocycles. The standard InChI is InChI=1S/C14H20N2O2/c1-11-17-9-14(2,10-18-11)13-12(4-3-5-15-13)8-16-6-7-16/h3-5,11H,6-10H2,1-2H3. The van der Waals surface area contributed by atoms with Crippen LogP contribution in [0.3, 0.4) is 0 Å². The SMILES string of the molecule is CC1OCC(C)(c2ncccc2CN2CC2)CO1. The van der Waals surface area contributed by atoms with E-state index in [9.17, 15) is 0 Å². The number of hydrogen-bond donors (Lipinski definition) is 0. The van der Waals surface area contributed by atoms with E-state index in [4.69, 9.17) is 9.47 Å². The Balaban J connectivity index is 1.85. The van der Waals surface area contributed by atoms with Gasteiger partial charge in [-0.25, -0.2) is 0 Å². The van der Waals surface area contributed by atoms with Gasteiger partial charge in [-0.3, -0.25) is 9.88 Å². The fraction of sp³-hybridized carbons (Fsp3) is 0.643. The lowest BCUT2D eigenvalue weighted by Crippen LogP contribution is -2.43. The van der Waals surface area contributed by atoms with Crippen LogP contribution in [0.15, 0.2) is 18.3 Å². The van der Waals surface area contributed by atoms with Crippen molar-refractivity contribution in [3.8, 4) is 0 Å². The number of hydrogen-bond acceptors (Lipinski definition) is 4. The molecule has 0 bridgehead atoms. The average molecular weight is 248 g/mol. The highest BCUT2D eigenvalue weighted by atomic mass is 16.7. The maximum Gasteiger partial charge on any atom is 0.154 e. The largest absolute Gasteiger partial charge is 0.352 e. The van der Waals surface area contributed by atoms with Crippen molar-refractivity contribution in [3.05, 3.63) is 29.6 Å². The molecule has 2 aliphatic rings. The maximum absolute atomic E-state index is 5.65. The van der Waals surface area contributed by atoms with Gasteiger partial charge in [-0.05, 0) is 25.5 Å². The van der Waals surface area contributed by atoms with Crippen LogP contribution in [0, 0.1) is 0 Å². The molecule has 0 spiro atoms. The van der Waals surface area contributed by atoms with Crippen LogP contribution in [0.25, 0.3) is 0 Å². The van der Waals surface area contributed by atoms with Crippen LogP contribution in [-0.2, 0) is 21.4 Å². The highest BCUT2D eigenvalue weighted by molar-refractivity contribution is 5.28. The molecule has 3 rings (SSSR count). The van der Waals surface area contributed by atoms with Crippen LogP contribution in [0.2, 0.25) is 0 Å². The monoisotopic (exact) mass is 248 g/mol. The fourth-order valence-electron chi connectivity index (χ4n) is 2.41. The lowest BCUT2D eigenvalue weighted by Gasteiger charge is -2.36. The van der Waals surface area contributed by atoms with E-state index in [-0.39, 0.29) is 11.7 Å². The van der Waals surface area contributed by atoms with Gasteiger partial charge in [0.05, 0.1) is 24.3 Å². The van der Waals surface area contributed by atoms with Crippen LogP contribution >= 0.6 is 0 Å². The number of aromatic nitrogens is 1. The van der Waals surface area contributed by atoms with Crippen LogP contribution in [0.1, 0.15) is 25.1 Å². The summed E-state index contributed by atoms with van der Waals surface area (Å²) < 4.78 is 11.3. The zero-order valence-electron chi connectivity index (χ0n) is 11.1. The van der Waals surface area contributed by atoms with Crippen molar-refractivity contribution in [2.75, 3.05) is 26.3 Å². The van der Waals surface area contributed by atoms with Gasteiger partial charge in [0.1, 0.15) is 0 Å². The predicted octanol–water partition coefficient (Wildman–Crippen LogP) is 1.55. The van der Waals surface area contributed by atoms with Crippen LogP contribution < -0.4 is 0 Å². The molecule has 18 heavy (non-hydrogen) atoms. The molecule has 0 atom stereocenters. The Labute approximate surface area is 108 Å². The van der Waals surface area contributed by atoms with Gasteiger partial charge in [0.15, 0.2) is 6.29 Å². The Bertz CT molecular complexity index is 424. The van der Waals surface area contributed by atoms with E-state index in [0.29, 0.717) is 13.2 Å². The molecular weight excluding hydrogens is 228 g/mol. The van der Waals surface area contributed by atoms with Crippen molar-refractivity contribution in [3.63, 3.8) is 0 Å². The first-order chi connectivity index (χ1) is 8.67. The first kappa shape index (κ1) is 12.1. The minimum absolute atomic E-state index is 0.0996. The molecule has 0 aromatic carbocycles. The highest BCUT2D eigenvalue weighted by Crippen LogP contribution is 2.31. The minimum Gasteiger partial charge on any atom is -0.352 e. The Hall–Kier alpha value is -0.970. The Morgan fingerprint density at radius 3 is 2.78 bits per heavy atom. The third-order valence-electron chi connectivity index (χ3n) is 3.67.